The summed E-state index contributed by atoms with van der Waals surface area (Å²) in [6.45, 7) is 8.73. The van der Waals surface area contributed by atoms with E-state index >= 15 is 0 Å². The summed E-state index contributed by atoms with van der Waals surface area (Å²) >= 11 is 0. The Labute approximate surface area is 162 Å². The standard InChI is InChI=1S/C23H30N2O2/c1-4-21(27-22-16-17(2)10-11-18(22)3)23(26)24-13-7-14-25-15-12-19-8-5-6-9-20(19)25/h5-6,8-11,16,21H,4,7,12-15H2,1-3H3,(H,24,26)/t21-/m1/s1. The van der Waals surface area contributed by atoms with Crippen LogP contribution >= 0.6 is 0 Å². The average Bonchev–Trinajstić information content (AvgIpc) is 3.09. The molecule has 27 heavy (non-hydrogen) atoms. The van der Waals surface area contributed by atoms with Gasteiger partial charge in [-0.1, -0.05) is 37.3 Å². The molecule has 4 nitrogen and oxygen atoms in total. The molecule has 3 rings (SSSR count). The molecule has 1 amide bonds. The Hall–Kier alpha value is -2.49. The Morgan fingerprint density at radius 1 is 1.22 bits per heavy atom. The molecule has 1 aliphatic heterocycles. The highest BCUT2D eigenvalue weighted by atomic mass is 16.5. The molecule has 2 aromatic rings. The molecule has 0 radical (unpaired) electrons. The maximum Gasteiger partial charge on any atom is 0.261 e. The summed E-state index contributed by atoms with van der Waals surface area (Å²) in [6, 6.07) is 14.7. The van der Waals surface area contributed by atoms with E-state index in [0.717, 1.165) is 42.8 Å². The highest BCUT2D eigenvalue weighted by Crippen LogP contribution is 2.27. The highest BCUT2D eigenvalue weighted by Gasteiger charge is 2.20. The van der Waals surface area contributed by atoms with Gasteiger partial charge in [0.25, 0.3) is 5.91 Å². The van der Waals surface area contributed by atoms with Gasteiger partial charge in [0.1, 0.15) is 5.75 Å². The summed E-state index contributed by atoms with van der Waals surface area (Å²) in [5.41, 5.74) is 4.96. The number of carbonyl (C=O) groups excluding carboxylic acids is 1. The van der Waals surface area contributed by atoms with E-state index in [2.05, 4.69) is 40.5 Å². The van der Waals surface area contributed by atoms with Crippen LogP contribution in [0.2, 0.25) is 0 Å². The number of carbonyl (C=O) groups is 1. The van der Waals surface area contributed by atoms with Gasteiger partial charge >= 0.3 is 0 Å². The van der Waals surface area contributed by atoms with Crippen LogP contribution in [0.15, 0.2) is 42.5 Å². The molecule has 0 aromatic heterocycles. The number of hydrogen-bond donors (Lipinski definition) is 1. The van der Waals surface area contributed by atoms with Crippen LogP contribution in [-0.4, -0.2) is 31.6 Å². The number of anilines is 1. The maximum atomic E-state index is 12.5. The molecule has 0 aliphatic carbocycles. The topological polar surface area (TPSA) is 41.6 Å². The fraction of sp³-hybridized carbons (Fsp3) is 0.435. The number of ether oxygens (including phenoxy) is 1. The van der Waals surface area contributed by atoms with Gasteiger partial charge in [-0.2, -0.15) is 0 Å². The van der Waals surface area contributed by atoms with Crippen LogP contribution in [0.4, 0.5) is 5.69 Å². The molecule has 2 aromatic carbocycles. The second-order valence-electron chi connectivity index (χ2n) is 7.29. The van der Waals surface area contributed by atoms with E-state index in [4.69, 9.17) is 4.74 Å². The van der Waals surface area contributed by atoms with E-state index in [0.29, 0.717) is 13.0 Å². The monoisotopic (exact) mass is 366 g/mol. The summed E-state index contributed by atoms with van der Waals surface area (Å²) in [5.74, 6) is 0.769. The lowest BCUT2D eigenvalue weighted by Crippen LogP contribution is -2.39. The smallest absolute Gasteiger partial charge is 0.261 e. The van der Waals surface area contributed by atoms with Crippen molar-refractivity contribution in [2.24, 2.45) is 0 Å². The lowest BCUT2D eigenvalue weighted by Gasteiger charge is -2.21. The second kappa shape index (κ2) is 8.94. The molecule has 0 saturated heterocycles. The van der Waals surface area contributed by atoms with Crippen molar-refractivity contribution in [2.75, 3.05) is 24.5 Å². The van der Waals surface area contributed by atoms with Crippen molar-refractivity contribution in [1.82, 2.24) is 5.32 Å². The Morgan fingerprint density at radius 2 is 2.04 bits per heavy atom. The fourth-order valence-electron chi connectivity index (χ4n) is 3.54. The minimum atomic E-state index is -0.446. The largest absolute Gasteiger partial charge is 0.480 e. The first-order valence-electron chi connectivity index (χ1n) is 9.93. The molecule has 1 atom stereocenters. The quantitative estimate of drug-likeness (QED) is 0.717. The molecule has 0 bridgehead atoms. The number of para-hydroxylation sites is 1. The zero-order valence-corrected chi connectivity index (χ0v) is 16.6. The van der Waals surface area contributed by atoms with Crippen molar-refractivity contribution >= 4 is 11.6 Å². The molecule has 144 valence electrons. The number of aryl methyl sites for hydroxylation is 2. The predicted octanol–water partition coefficient (Wildman–Crippen LogP) is 4.03. The molecule has 0 fully saturated rings. The van der Waals surface area contributed by atoms with Crippen molar-refractivity contribution in [1.29, 1.82) is 0 Å². The second-order valence-corrected chi connectivity index (χ2v) is 7.29. The summed E-state index contributed by atoms with van der Waals surface area (Å²) in [6.07, 6.45) is 2.25. The Bertz CT molecular complexity index is 788. The third-order valence-corrected chi connectivity index (χ3v) is 5.16. The van der Waals surface area contributed by atoms with Gasteiger partial charge in [0.2, 0.25) is 0 Å². The number of rotatable bonds is 8. The van der Waals surface area contributed by atoms with Gasteiger partial charge in [0, 0.05) is 25.3 Å². The predicted molar refractivity (Wildman–Crippen MR) is 111 cm³/mol. The van der Waals surface area contributed by atoms with Crippen LogP contribution in [0, 0.1) is 13.8 Å². The summed E-state index contributed by atoms with van der Waals surface area (Å²) in [7, 11) is 0. The molecular weight excluding hydrogens is 336 g/mol. The lowest BCUT2D eigenvalue weighted by atomic mass is 10.1. The Balaban J connectivity index is 1.46. The number of benzene rings is 2. The number of amides is 1. The number of nitrogens with zero attached hydrogens (tertiary/aromatic N) is 1. The van der Waals surface area contributed by atoms with Gasteiger partial charge < -0.3 is 15.0 Å². The Morgan fingerprint density at radius 3 is 2.85 bits per heavy atom. The van der Waals surface area contributed by atoms with Gasteiger partial charge in [-0.15, -0.1) is 0 Å². The van der Waals surface area contributed by atoms with Crippen LogP contribution < -0.4 is 15.0 Å². The lowest BCUT2D eigenvalue weighted by molar-refractivity contribution is -0.128. The van der Waals surface area contributed by atoms with Crippen LogP contribution in [0.1, 0.15) is 36.5 Å². The minimum Gasteiger partial charge on any atom is -0.480 e. The summed E-state index contributed by atoms with van der Waals surface area (Å²) < 4.78 is 5.99. The van der Waals surface area contributed by atoms with E-state index < -0.39 is 6.10 Å². The van der Waals surface area contributed by atoms with Gasteiger partial charge in [-0.3, -0.25) is 4.79 Å². The van der Waals surface area contributed by atoms with Crippen molar-refractivity contribution in [3.8, 4) is 5.75 Å². The van der Waals surface area contributed by atoms with Gasteiger partial charge in [0.15, 0.2) is 6.10 Å². The van der Waals surface area contributed by atoms with Crippen molar-refractivity contribution < 1.29 is 9.53 Å². The van der Waals surface area contributed by atoms with Crippen molar-refractivity contribution in [2.45, 2.75) is 46.1 Å². The first-order valence-corrected chi connectivity index (χ1v) is 9.93. The van der Waals surface area contributed by atoms with Crippen LogP contribution in [0.3, 0.4) is 0 Å². The Kier molecular flexibility index (Phi) is 6.38. The molecule has 0 spiro atoms. The van der Waals surface area contributed by atoms with Crippen LogP contribution in [0.5, 0.6) is 5.75 Å². The minimum absolute atomic E-state index is 0.0276. The van der Waals surface area contributed by atoms with Crippen molar-refractivity contribution in [3.05, 3.63) is 59.2 Å². The van der Waals surface area contributed by atoms with Crippen molar-refractivity contribution in [3.63, 3.8) is 0 Å². The van der Waals surface area contributed by atoms with Gasteiger partial charge in [-0.05, 0) is 61.9 Å². The third kappa shape index (κ3) is 4.82. The fourth-order valence-corrected chi connectivity index (χ4v) is 3.54. The molecule has 0 unspecified atom stereocenters. The first-order chi connectivity index (χ1) is 13.1. The molecule has 0 saturated carbocycles. The number of hydrogen-bond acceptors (Lipinski definition) is 3. The van der Waals surface area contributed by atoms with Gasteiger partial charge in [0.05, 0.1) is 0 Å². The van der Waals surface area contributed by atoms with E-state index in [1.54, 1.807) is 0 Å². The van der Waals surface area contributed by atoms with Gasteiger partial charge in [-0.25, -0.2) is 0 Å². The van der Waals surface area contributed by atoms with E-state index in [1.807, 2.05) is 32.9 Å². The third-order valence-electron chi connectivity index (χ3n) is 5.16. The first kappa shape index (κ1) is 19.3. The average molecular weight is 367 g/mol. The van der Waals surface area contributed by atoms with E-state index in [-0.39, 0.29) is 5.91 Å². The zero-order chi connectivity index (χ0) is 19.2. The van der Waals surface area contributed by atoms with E-state index in [9.17, 15) is 4.79 Å². The molecular formula is C23H30N2O2. The maximum absolute atomic E-state index is 12.5. The molecule has 1 heterocycles. The number of fused-ring (bicyclic) bond motifs is 1. The highest BCUT2D eigenvalue weighted by molar-refractivity contribution is 5.81. The SMILES string of the molecule is CC[C@@H](Oc1cc(C)ccc1C)C(=O)NCCCN1CCc2ccccc21. The molecule has 1 N–H and O–H groups in total. The normalized spacial score (nSPS) is 14.0. The van der Waals surface area contributed by atoms with E-state index in [1.165, 1.54) is 11.3 Å². The molecule has 4 heteroatoms. The van der Waals surface area contributed by atoms with Crippen LogP contribution in [-0.2, 0) is 11.2 Å². The zero-order valence-electron chi connectivity index (χ0n) is 16.6. The summed E-state index contributed by atoms with van der Waals surface area (Å²) in [4.78, 5) is 14.9. The molecule has 1 aliphatic rings. The number of nitrogens with one attached hydrogen (secondary N) is 1. The summed E-state index contributed by atoms with van der Waals surface area (Å²) in [5, 5.41) is 3.05. The van der Waals surface area contributed by atoms with Crippen LogP contribution in [0.25, 0.3) is 0 Å².